The largest absolute Gasteiger partial charge is 0.478 e. The van der Waals surface area contributed by atoms with Gasteiger partial charge < -0.3 is 21.5 Å². The standard InChI is InChI=1S/C11H16N4O3/c1-3-13-10(16)6(2)15-9-4-7(11(17)18)8(12)5-14-9/h4-6H,3,12H2,1-2H3,(H,13,16)(H,14,15)(H,17,18). The van der Waals surface area contributed by atoms with Crippen LogP contribution in [0.25, 0.3) is 0 Å². The third kappa shape index (κ3) is 3.34. The van der Waals surface area contributed by atoms with E-state index in [-0.39, 0.29) is 17.2 Å². The first-order valence-electron chi connectivity index (χ1n) is 5.48. The molecule has 1 aromatic heterocycles. The van der Waals surface area contributed by atoms with E-state index in [9.17, 15) is 9.59 Å². The first-order chi connectivity index (χ1) is 8.45. The minimum Gasteiger partial charge on any atom is -0.478 e. The number of carboxylic acid groups (broad SMARTS) is 1. The Morgan fingerprint density at radius 3 is 2.78 bits per heavy atom. The van der Waals surface area contributed by atoms with Gasteiger partial charge in [-0.1, -0.05) is 0 Å². The molecule has 18 heavy (non-hydrogen) atoms. The van der Waals surface area contributed by atoms with Crippen molar-refractivity contribution in [3.8, 4) is 0 Å². The van der Waals surface area contributed by atoms with Crippen LogP contribution in [0.15, 0.2) is 12.3 Å². The van der Waals surface area contributed by atoms with E-state index in [1.807, 2.05) is 6.92 Å². The summed E-state index contributed by atoms with van der Waals surface area (Å²) in [6, 6.07) is 0.788. The van der Waals surface area contributed by atoms with Gasteiger partial charge in [-0.25, -0.2) is 9.78 Å². The zero-order valence-electron chi connectivity index (χ0n) is 10.2. The van der Waals surface area contributed by atoms with Gasteiger partial charge in [0.05, 0.1) is 17.4 Å². The van der Waals surface area contributed by atoms with E-state index < -0.39 is 12.0 Å². The summed E-state index contributed by atoms with van der Waals surface area (Å²) in [5.74, 6) is -1.03. The van der Waals surface area contributed by atoms with Crippen molar-refractivity contribution in [1.82, 2.24) is 10.3 Å². The van der Waals surface area contributed by atoms with Crippen LogP contribution in [0.5, 0.6) is 0 Å². The molecule has 0 aliphatic rings. The van der Waals surface area contributed by atoms with Crippen LogP contribution in [-0.2, 0) is 4.79 Å². The van der Waals surface area contributed by atoms with Gasteiger partial charge in [-0.05, 0) is 19.9 Å². The van der Waals surface area contributed by atoms with Crippen LogP contribution >= 0.6 is 0 Å². The molecule has 0 aliphatic carbocycles. The summed E-state index contributed by atoms with van der Waals surface area (Å²) < 4.78 is 0. The van der Waals surface area contributed by atoms with Crippen LogP contribution in [0, 0.1) is 0 Å². The smallest absolute Gasteiger partial charge is 0.337 e. The van der Waals surface area contributed by atoms with Crippen LogP contribution in [-0.4, -0.2) is 34.6 Å². The SMILES string of the molecule is CCNC(=O)C(C)Nc1cc(C(=O)O)c(N)cn1. The summed E-state index contributed by atoms with van der Waals surface area (Å²) in [5.41, 5.74) is 5.51. The molecule has 1 atom stereocenters. The van der Waals surface area contributed by atoms with Gasteiger partial charge in [0.15, 0.2) is 0 Å². The fraction of sp³-hybridized carbons (Fsp3) is 0.364. The Balaban J connectivity index is 2.82. The Hall–Kier alpha value is -2.31. The Morgan fingerprint density at radius 2 is 2.22 bits per heavy atom. The number of rotatable bonds is 5. The lowest BCUT2D eigenvalue weighted by Crippen LogP contribution is -2.37. The molecule has 0 radical (unpaired) electrons. The molecule has 1 amide bonds. The maximum Gasteiger partial charge on any atom is 0.337 e. The normalized spacial score (nSPS) is 11.7. The zero-order chi connectivity index (χ0) is 13.7. The number of likely N-dealkylation sites (N-methyl/N-ethyl adjacent to an activating group) is 1. The molecule has 1 heterocycles. The van der Waals surface area contributed by atoms with Crippen molar-refractivity contribution in [3.63, 3.8) is 0 Å². The van der Waals surface area contributed by atoms with Crippen molar-refractivity contribution in [3.05, 3.63) is 17.8 Å². The number of carbonyl (C=O) groups excluding carboxylic acids is 1. The Morgan fingerprint density at radius 1 is 1.56 bits per heavy atom. The van der Waals surface area contributed by atoms with Gasteiger partial charge in [-0.2, -0.15) is 0 Å². The number of aromatic nitrogens is 1. The second kappa shape index (κ2) is 5.85. The minimum atomic E-state index is -1.14. The predicted octanol–water partition coefficient (Wildman–Crippen LogP) is 0.299. The number of nitrogens with two attached hydrogens (primary N) is 1. The highest BCUT2D eigenvalue weighted by atomic mass is 16.4. The van der Waals surface area contributed by atoms with Crippen molar-refractivity contribution < 1.29 is 14.7 Å². The summed E-state index contributed by atoms with van der Waals surface area (Å²) in [6.45, 7) is 4.00. The molecule has 0 saturated carbocycles. The van der Waals surface area contributed by atoms with Crippen molar-refractivity contribution >= 4 is 23.4 Å². The van der Waals surface area contributed by atoms with Crippen molar-refractivity contribution in [1.29, 1.82) is 0 Å². The average Bonchev–Trinajstić information content (AvgIpc) is 2.31. The molecule has 0 bridgehead atoms. The monoisotopic (exact) mass is 252 g/mol. The van der Waals surface area contributed by atoms with Gasteiger partial charge in [-0.3, -0.25) is 4.79 Å². The van der Waals surface area contributed by atoms with Crippen molar-refractivity contribution in [2.24, 2.45) is 0 Å². The van der Waals surface area contributed by atoms with E-state index in [1.165, 1.54) is 12.3 Å². The van der Waals surface area contributed by atoms with E-state index in [1.54, 1.807) is 6.92 Å². The maximum atomic E-state index is 11.5. The Labute approximate surface area is 104 Å². The number of pyridine rings is 1. The van der Waals surface area contributed by atoms with Crippen LogP contribution in [0.1, 0.15) is 24.2 Å². The molecule has 5 N–H and O–H groups in total. The molecule has 7 nitrogen and oxygen atoms in total. The van der Waals surface area contributed by atoms with Gasteiger partial charge in [0.2, 0.25) is 5.91 Å². The number of aromatic carboxylic acids is 1. The van der Waals surface area contributed by atoms with E-state index in [2.05, 4.69) is 15.6 Å². The van der Waals surface area contributed by atoms with Crippen LogP contribution in [0.4, 0.5) is 11.5 Å². The van der Waals surface area contributed by atoms with Crippen LogP contribution in [0.3, 0.4) is 0 Å². The van der Waals surface area contributed by atoms with Gasteiger partial charge in [0, 0.05) is 6.54 Å². The third-order valence-electron chi connectivity index (χ3n) is 2.27. The van der Waals surface area contributed by atoms with Gasteiger partial charge in [0.25, 0.3) is 0 Å². The molecule has 0 aromatic carbocycles. The highest BCUT2D eigenvalue weighted by Crippen LogP contribution is 2.15. The number of nitrogens with one attached hydrogen (secondary N) is 2. The quantitative estimate of drug-likeness (QED) is 0.598. The molecule has 0 saturated heterocycles. The summed E-state index contributed by atoms with van der Waals surface area (Å²) in [4.78, 5) is 26.3. The average molecular weight is 252 g/mol. The first-order valence-corrected chi connectivity index (χ1v) is 5.48. The molecule has 1 aromatic rings. The second-order valence-electron chi connectivity index (χ2n) is 3.72. The zero-order valence-corrected chi connectivity index (χ0v) is 10.2. The number of anilines is 2. The number of hydrogen-bond acceptors (Lipinski definition) is 5. The number of amides is 1. The lowest BCUT2D eigenvalue weighted by atomic mass is 10.2. The van der Waals surface area contributed by atoms with E-state index >= 15 is 0 Å². The number of nitrogens with zero attached hydrogens (tertiary/aromatic N) is 1. The van der Waals surface area contributed by atoms with Crippen molar-refractivity contribution in [2.45, 2.75) is 19.9 Å². The lowest BCUT2D eigenvalue weighted by molar-refractivity contribution is -0.121. The van der Waals surface area contributed by atoms with Gasteiger partial charge >= 0.3 is 5.97 Å². The number of carbonyl (C=O) groups is 2. The minimum absolute atomic E-state index is 0.0457. The number of carboxylic acids is 1. The van der Waals surface area contributed by atoms with Crippen molar-refractivity contribution in [2.75, 3.05) is 17.6 Å². The molecule has 0 aliphatic heterocycles. The third-order valence-corrected chi connectivity index (χ3v) is 2.27. The molecule has 98 valence electrons. The second-order valence-corrected chi connectivity index (χ2v) is 3.72. The summed E-state index contributed by atoms with van der Waals surface area (Å²) in [7, 11) is 0. The molecule has 0 spiro atoms. The molecule has 1 unspecified atom stereocenters. The summed E-state index contributed by atoms with van der Waals surface area (Å²) in [5, 5.41) is 14.4. The molecular weight excluding hydrogens is 236 g/mol. The van der Waals surface area contributed by atoms with E-state index in [0.29, 0.717) is 12.4 Å². The van der Waals surface area contributed by atoms with E-state index in [0.717, 1.165) is 0 Å². The highest BCUT2D eigenvalue weighted by molar-refractivity contribution is 5.94. The summed E-state index contributed by atoms with van der Waals surface area (Å²) >= 11 is 0. The maximum absolute atomic E-state index is 11.5. The molecule has 7 heteroatoms. The highest BCUT2D eigenvalue weighted by Gasteiger charge is 2.14. The van der Waals surface area contributed by atoms with Crippen LogP contribution in [0.2, 0.25) is 0 Å². The molecular formula is C11H16N4O3. The fourth-order valence-electron chi connectivity index (χ4n) is 1.34. The summed E-state index contributed by atoms with van der Waals surface area (Å²) in [6.07, 6.45) is 1.25. The Kier molecular flexibility index (Phi) is 4.47. The number of hydrogen-bond donors (Lipinski definition) is 4. The topological polar surface area (TPSA) is 117 Å². The van der Waals surface area contributed by atoms with Gasteiger partial charge in [-0.15, -0.1) is 0 Å². The Bertz CT molecular complexity index is 462. The number of nitrogen functional groups attached to an aromatic ring is 1. The first kappa shape index (κ1) is 13.8. The molecule has 1 rings (SSSR count). The predicted molar refractivity (Wildman–Crippen MR) is 67.4 cm³/mol. The molecule has 0 fully saturated rings. The fourth-order valence-corrected chi connectivity index (χ4v) is 1.34. The van der Waals surface area contributed by atoms with Gasteiger partial charge in [0.1, 0.15) is 11.9 Å². The lowest BCUT2D eigenvalue weighted by Gasteiger charge is -2.14. The van der Waals surface area contributed by atoms with E-state index in [4.69, 9.17) is 10.8 Å². The van der Waals surface area contributed by atoms with Crippen LogP contribution < -0.4 is 16.4 Å².